The highest BCUT2D eigenvalue weighted by molar-refractivity contribution is 7.99. The van der Waals surface area contributed by atoms with Gasteiger partial charge >= 0.3 is 0 Å². The Bertz CT molecular complexity index is 877. The van der Waals surface area contributed by atoms with Crippen molar-refractivity contribution >= 4 is 40.6 Å². The van der Waals surface area contributed by atoms with E-state index in [0.29, 0.717) is 5.02 Å². The van der Waals surface area contributed by atoms with E-state index in [4.69, 9.17) is 11.6 Å². The molecule has 3 aromatic rings. The maximum Gasteiger partial charge on any atom is 0.255 e. The molecule has 0 saturated carbocycles. The van der Waals surface area contributed by atoms with Crippen molar-refractivity contribution in [3.8, 4) is 10.4 Å². The van der Waals surface area contributed by atoms with Gasteiger partial charge in [-0.25, -0.2) is 0 Å². The molecule has 1 saturated heterocycles. The van der Waals surface area contributed by atoms with Gasteiger partial charge in [-0.2, -0.15) is 0 Å². The molecule has 4 rings (SSSR count). The molecule has 1 aliphatic rings. The molecule has 5 heteroatoms. The maximum atomic E-state index is 13.0. The predicted molar refractivity (Wildman–Crippen MR) is 107 cm³/mol. The van der Waals surface area contributed by atoms with Crippen LogP contribution in [0.15, 0.2) is 66.0 Å². The van der Waals surface area contributed by atoms with E-state index in [1.807, 2.05) is 59.5 Å². The van der Waals surface area contributed by atoms with Gasteiger partial charge < -0.3 is 4.90 Å². The monoisotopic (exact) mass is 385 g/mol. The topological polar surface area (TPSA) is 20.3 Å². The van der Waals surface area contributed by atoms with E-state index >= 15 is 0 Å². The Balaban J connectivity index is 1.57. The summed E-state index contributed by atoms with van der Waals surface area (Å²) < 4.78 is 0. The summed E-state index contributed by atoms with van der Waals surface area (Å²) in [4.78, 5) is 16.2. The third-order valence-corrected chi connectivity index (χ3v) is 6.64. The number of hydrogen-bond donors (Lipinski definition) is 0. The summed E-state index contributed by atoms with van der Waals surface area (Å²) in [5.41, 5.74) is 2.96. The number of nitrogens with zero attached hydrogens (tertiary/aromatic N) is 1. The molecule has 1 aromatic heterocycles. The van der Waals surface area contributed by atoms with Crippen molar-refractivity contribution in [3.63, 3.8) is 0 Å². The molecule has 1 aliphatic heterocycles. The summed E-state index contributed by atoms with van der Waals surface area (Å²) in [6.45, 7) is 0.757. The van der Waals surface area contributed by atoms with E-state index in [-0.39, 0.29) is 11.3 Å². The molecule has 1 atom stereocenters. The van der Waals surface area contributed by atoms with E-state index in [2.05, 4.69) is 11.4 Å². The number of rotatable bonds is 3. The quantitative estimate of drug-likeness (QED) is 0.554. The molecule has 0 radical (unpaired) electrons. The molecule has 1 amide bonds. The summed E-state index contributed by atoms with van der Waals surface area (Å²) >= 11 is 9.61. The minimum Gasteiger partial charge on any atom is -0.322 e. The fourth-order valence-corrected chi connectivity index (χ4v) is 5.18. The fraction of sp³-hybridized carbons (Fsp3) is 0.150. The first-order chi connectivity index (χ1) is 12.2. The number of carbonyl (C=O) groups excluding carboxylic acids is 1. The average molecular weight is 386 g/mol. The highest BCUT2D eigenvalue weighted by atomic mass is 35.5. The van der Waals surface area contributed by atoms with Gasteiger partial charge in [-0.1, -0.05) is 41.9 Å². The third kappa shape index (κ3) is 3.47. The molecular formula is C20H16ClNOS2. The summed E-state index contributed by atoms with van der Waals surface area (Å²) in [5.74, 6) is 1.02. The first-order valence-corrected chi connectivity index (χ1v) is 10.3. The number of amides is 1. The Morgan fingerprint density at radius 2 is 1.92 bits per heavy atom. The van der Waals surface area contributed by atoms with Gasteiger partial charge in [-0.3, -0.25) is 4.79 Å². The number of thioether (sulfide) groups is 1. The Morgan fingerprint density at radius 1 is 1.08 bits per heavy atom. The fourth-order valence-electron chi connectivity index (χ4n) is 3.00. The van der Waals surface area contributed by atoms with E-state index in [9.17, 15) is 4.79 Å². The van der Waals surface area contributed by atoms with Crippen LogP contribution in [0.5, 0.6) is 0 Å². The van der Waals surface area contributed by atoms with Crippen molar-refractivity contribution in [1.82, 2.24) is 4.90 Å². The van der Waals surface area contributed by atoms with Crippen molar-refractivity contribution in [2.24, 2.45) is 0 Å². The zero-order valence-electron chi connectivity index (χ0n) is 13.4. The SMILES string of the molecule is O=C(c1ccc(-c2cccs2)cc1)N1CCSC1c1cccc(Cl)c1. The van der Waals surface area contributed by atoms with Gasteiger partial charge in [0.25, 0.3) is 5.91 Å². The Labute approximate surface area is 160 Å². The average Bonchev–Trinajstić information content (AvgIpc) is 3.33. The largest absolute Gasteiger partial charge is 0.322 e. The van der Waals surface area contributed by atoms with Gasteiger partial charge in [0.05, 0.1) is 0 Å². The molecule has 2 heterocycles. The zero-order valence-corrected chi connectivity index (χ0v) is 15.8. The second kappa shape index (κ2) is 7.24. The molecule has 1 fully saturated rings. The van der Waals surface area contributed by atoms with Gasteiger partial charge in [-0.05, 0) is 46.8 Å². The van der Waals surface area contributed by atoms with E-state index in [0.717, 1.165) is 29.0 Å². The molecule has 2 nitrogen and oxygen atoms in total. The second-order valence-electron chi connectivity index (χ2n) is 5.83. The number of carbonyl (C=O) groups is 1. The Hall–Kier alpha value is -1.75. The molecule has 1 unspecified atom stereocenters. The van der Waals surface area contributed by atoms with Gasteiger partial charge in [0.15, 0.2) is 0 Å². The molecule has 0 N–H and O–H groups in total. The van der Waals surface area contributed by atoms with Crippen LogP contribution in [-0.4, -0.2) is 23.1 Å². The summed E-state index contributed by atoms with van der Waals surface area (Å²) in [5, 5.41) is 2.80. The Morgan fingerprint density at radius 3 is 2.64 bits per heavy atom. The summed E-state index contributed by atoms with van der Waals surface area (Å²) in [7, 11) is 0. The first kappa shape index (κ1) is 16.7. The van der Waals surface area contributed by atoms with E-state index < -0.39 is 0 Å². The minimum atomic E-state index is 0.0307. The number of benzene rings is 2. The third-order valence-electron chi connectivity index (χ3n) is 4.22. The highest BCUT2D eigenvalue weighted by Crippen LogP contribution is 2.39. The second-order valence-corrected chi connectivity index (χ2v) is 8.40. The lowest BCUT2D eigenvalue weighted by Crippen LogP contribution is -2.30. The first-order valence-electron chi connectivity index (χ1n) is 8.04. The number of hydrogen-bond acceptors (Lipinski definition) is 3. The van der Waals surface area contributed by atoms with Crippen molar-refractivity contribution < 1.29 is 4.79 Å². The van der Waals surface area contributed by atoms with Crippen LogP contribution in [0.4, 0.5) is 0 Å². The van der Waals surface area contributed by atoms with Crippen LogP contribution < -0.4 is 0 Å². The standard InChI is InChI=1S/C20H16ClNOS2/c21-17-4-1-3-16(13-17)20-22(10-12-25-20)19(23)15-8-6-14(7-9-15)18-5-2-11-24-18/h1-9,11,13,20H,10,12H2. The molecule has 0 aliphatic carbocycles. The van der Waals surface area contributed by atoms with Crippen LogP contribution >= 0.6 is 34.7 Å². The maximum absolute atomic E-state index is 13.0. The summed E-state index contributed by atoms with van der Waals surface area (Å²) in [6, 6.07) is 19.8. The minimum absolute atomic E-state index is 0.0307. The molecular weight excluding hydrogens is 370 g/mol. The smallest absolute Gasteiger partial charge is 0.255 e. The van der Waals surface area contributed by atoms with Crippen molar-refractivity contribution in [2.45, 2.75) is 5.37 Å². The van der Waals surface area contributed by atoms with Crippen LogP contribution in [0.25, 0.3) is 10.4 Å². The van der Waals surface area contributed by atoms with Crippen molar-refractivity contribution in [2.75, 3.05) is 12.3 Å². The molecule has 2 aromatic carbocycles. The van der Waals surface area contributed by atoms with Gasteiger partial charge in [0, 0.05) is 27.8 Å². The molecule has 126 valence electrons. The van der Waals surface area contributed by atoms with Crippen LogP contribution in [0.2, 0.25) is 5.02 Å². The number of thiophene rings is 1. The number of halogens is 1. The van der Waals surface area contributed by atoms with Gasteiger partial charge in [0.2, 0.25) is 0 Å². The van der Waals surface area contributed by atoms with Crippen LogP contribution in [0.1, 0.15) is 21.3 Å². The van der Waals surface area contributed by atoms with Crippen molar-refractivity contribution in [3.05, 3.63) is 82.2 Å². The molecule has 0 bridgehead atoms. The lowest BCUT2D eigenvalue weighted by atomic mass is 10.1. The van der Waals surface area contributed by atoms with Gasteiger partial charge in [0.1, 0.15) is 5.37 Å². The lowest BCUT2D eigenvalue weighted by Gasteiger charge is -2.24. The van der Waals surface area contributed by atoms with Gasteiger partial charge in [-0.15, -0.1) is 23.1 Å². The molecule has 0 spiro atoms. The predicted octanol–water partition coefficient (Wildman–Crippen LogP) is 5.96. The van der Waals surface area contributed by atoms with Crippen LogP contribution in [0.3, 0.4) is 0 Å². The van der Waals surface area contributed by atoms with Crippen LogP contribution in [0, 0.1) is 0 Å². The Kier molecular flexibility index (Phi) is 4.84. The zero-order chi connectivity index (χ0) is 17.2. The highest BCUT2D eigenvalue weighted by Gasteiger charge is 2.31. The van der Waals surface area contributed by atoms with E-state index in [1.165, 1.54) is 4.88 Å². The van der Waals surface area contributed by atoms with E-state index in [1.54, 1.807) is 23.1 Å². The molecule has 25 heavy (non-hydrogen) atoms. The van der Waals surface area contributed by atoms with Crippen molar-refractivity contribution in [1.29, 1.82) is 0 Å². The summed E-state index contributed by atoms with van der Waals surface area (Å²) in [6.07, 6.45) is 0. The van der Waals surface area contributed by atoms with Crippen LogP contribution in [-0.2, 0) is 0 Å². The lowest BCUT2D eigenvalue weighted by molar-refractivity contribution is 0.0760. The normalized spacial score (nSPS) is 17.0.